The van der Waals surface area contributed by atoms with Gasteiger partial charge in [0.05, 0.1) is 0 Å². The van der Waals surface area contributed by atoms with E-state index in [4.69, 9.17) is 0 Å². The van der Waals surface area contributed by atoms with Gasteiger partial charge in [-0.05, 0) is 0 Å². The van der Waals surface area contributed by atoms with Crippen molar-refractivity contribution in [2.24, 2.45) is 0 Å². The van der Waals surface area contributed by atoms with Gasteiger partial charge in [-0.25, -0.2) is 0 Å². The monoisotopic (exact) mass is 120 g/mol. The maximum Gasteiger partial charge on any atom is 0.0247 e. The van der Waals surface area contributed by atoms with Gasteiger partial charge in [-0.15, -0.1) is 0 Å². The van der Waals surface area contributed by atoms with E-state index in [9.17, 15) is 0 Å². The first kappa shape index (κ1) is 6.70. The quantitative estimate of drug-likeness (QED) is 0.415. The molecule has 0 aliphatic carbocycles. The van der Waals surface area contributed by atoms with Gasteiger partial charge in [0.25, 0.3) is 0 Å². The van der Waals surface area contributed by atoms with Crippen LogP contribution in [-0.2, 0) is 0 Å². The Bertz CT molecular complexity index is 17.5. The molecular weight excluding hydrogens is 112 g/mol. The second kappa shape index (κ2) is 5.70. The molecule has 2 heteroatoms. The summed E-state index contributed by atoms with van der Waals surface area (Å²) in [7, 11) is 3.49. The van der Waals surface area contributed by atoms with Gasteiger partial charge in [0.15, 0.2) is 0 Å². The molecule has 0 aromatic heterocycles. The van der Waals surface area contributed by atoms with Crippen molar-refractivity contribution in [3.8, 4) is 0 Å². The fraction of sp³-hybridized carbons (Fsp3) is 0.500. The van der Waals surface area contributed by atoms with E-state index < -0.39 is 0 Å². The number of rotatable bonds is 3. The maximum atomic E-state index is 2.06. The maximum absolute atomic E-state index is 2.06. The van der Waals surface area contributed by atoms with E-state index in [2.05, 4.69) is 11.5 Å². The van der Waals surface area contributed by atoms with E-state index in [1.807, 2.05) is 13.8 Å². The standard InChI is InChI=1S/C4H8S2/c1-3-5-6-4-2/h3-4H,1-2H3. The van der Waals surface area contributed by atoms with E-state index >= 15 is 0 Å². The highest BCUT2D eigenvalue weighted by Crippen LogP contribution is 2.24. The molecule has 0 saturated carbocycles. The van der Waals surface area contributed by atoms with Crippen LogP contribution in [0, 0.1) is 11.5 Å². The minimum Gasteiger partial charge on any atom is -0.0895 e. The highest BCUT2D eigenvalue weighted by molar-refractivity contribution is 8.78. The van der Waals surface area contributed by atoms with E-state index in [1.165, 1.54) is 0 Å². The molecule has 2 radical (unpaired) electrons. The summed E-state index contributed by atoms with van der Waals surface area (Å²) in [6, 6.07) is 0. The summed E-state index contributed by atoms with van der Waals surface area (Å²) < 4.78 is 0. The zero-order valence-electron chi connectivity index (χ0n) is 3.97. The molecule has 0 aliphatic rings. The van der Waals surface area contributed by atoms with Gasteiger partial charge in [-0.1, -0.05) is 35.4 Å². The Labute approximate surface area is 47.5 Å². The topological polar surface area (TPSA) is 0 Å². The van der Waals surface area contributed by atoms with Gasteiger partial charge >= 0.3 is 0 Å². The van der Waals surface area contributed by atoms with Crippen molar-refractivity contribution in [2.75, 3.05) is 0 Å². The summed E-state index contributed by atoms with van der Waals surface area (Å²) in [4.78, 5) is 0. The Balaban J connectivity index is 2.34. The Hall–Kier alpha value is 0.700. The van der Waals surface area contributed by atoms with E-state index in [-0.39, 0.29) is 0 Å². The molecule has 0 bridgehead atoms. The number of hydrogen-bond donors (Lipinski definition) is 0. The highest BCUT2D eigenvalue weighted by Gasteiger charge is 1.76. The minimum absolute atomic E-state index is 1.74. The third-order valence-electron chi connectivity index (χ3n) is 0.248. The second-order valence-electron chi connectivity index (χ2n) is 0.664. The minimum atomic E-state index is 1.74. The van der Waals surface area contributed by atoms with Crippen molar-refractivity contribution in [1.29, 1.82) is 0 Å². The van der Waals surface area contributed by atoms with Crippen LogP contribution in [0.1, 0.15) is 13.8 Å². The van der Waals surface area contributed by atoms with Gasteiger partial charge in [-0.2, -0.15) is 0 Å². The van der Waals surface area contributed by atoms with Crippen molar-refractivity contribution >= 4 is 21.6 Å². The van der Waals surface area contributed by atoms with Crippen LogP contribution in [0.3, 0.4) is 0 Å². The van der Waals surface area contributed by atoms with Crippen LogP contribution in [-0.4, -0.2) is 0 Å². The van der Waals surface area contributed by atoms with Gasteiger partial charge in [0.1, 0.15) is 0 Å². The van der Waals surface area contributed by atoms with Gasteiger partial charge in [0.2, 0.25) is 0 Å². The summed E-state index contributed by atoms with van der Waals surface area (Å²) in [6.07, 6.45) is 0. The van der Waals surface area contributed by atoms with Gasteiger partial charge < -0.3 is 0 Å². The normalized spacial score (nSPS) is 9.00. The molecule has 0 amide bonds. The Morgan fingerprint density at radius 3 is 1.50 bits per heavy atom. The summed E-state index contributed by atoms with van der Waals surface area (Å²) in [5.41, 5.74) is 0. The molecular formula is C4H8S2. The zero-order valence-corrected chi connectivity index (χ0v) is 5.60. The first-order chi connectivity index (χ1) is 2.91. The molecule has 0 heterocycles. The van der Waals surface area contributed by atoms with Crippen molar-refractivity contribution < 1.29 is 0 Å². The van der Waals surface area contributed by atoms with Gasteiger partial charge in [-0.3, -0.25) is 0 Å². The summed E-state index contributed by atoms with van der Waals surface area (Å²) in [6.45, 7) is 4.06. The number of hydrogen-bond acceptors (Lipinski definition) is 2. The van der Waals surface area contributed by atoms with E-state index in [0.717, 1.165) is 0 Å². The molecule has 0 atom stereocenters. The molecule has 0 aromatic rings. The predicted molar refractivity (Wildman–Crippen MR) is 35.1 cm³/mol. The average Bonchev–Trinajstić information content (AvgIpc) is 1.61. The Morgan fingerprint density at radius 1 is 1.00 bits per heavy atom. The third kappa shape index (κ3) is 4.70. The van der Waals surface area contributed by atoms with Crippen molar-refractivity contribution in [2.45, 2.75) is 13.8 Å². The molecule has 0 nitrogen and oxygen atoms in total. The molecule has 0 saturated heterocycles. The van der Waals surface area contributed by atoms with E-state index in [0.29, 0.717) is 0 Å². The molecule has 0 N–H and O–H groups in total. The van der Waals surface area contributed by atoms with Gasteiger partial charge in [0, 0.05) is 11.5 Å². The molecule has 0 spiro atoms. The van der Waals surface area contributed by atoms with Crippen LogP contribution in [0.25, 0.3) is 0 Å². The zero-order chi connectivity index (χ0) is 4.83. The van der Waals surface area contributed by atoms with Crippen LogP contribution >= 0.6 is 21.6 Å². The lowest BCUT2D eigenvalue weighted by molar-refractivity contribution is 1.74. The molecule has 0 unspecified atom stereocenters. The second-order valence-corrected chi connectivity index (χ2v) is 3.15. The molecule has 0 fully saturated rings. The molecule has 0 rings (SSSR count). The first-order valence-electron chi connectivity index (χ1n) is 1.79. The van der Waals surface area contributed by atoms with E-state index in [1.54, 1.807) is 21.6 Å². The molecule has 6 heavy (non-hydrogen) atoms. The Morgan fingerprint density at radius 2 is 1.33 bits per heavy atom. The predicted octanol–water partition coefficient (Wildman–Crippen LogP) is 2.73. The lowest BCUT2D eigenvalue weighted by Gasteiger charge is -1.85. The lowest BCUT2D eigenvalue weighted by Crippen LogP contribution is -1.45. The summed E-state index contributed by atoms with van der Waals surface area (Å²) >= 11 is 0. The van der Waals surface area contributed by atoms with Crippen LogP contribution < -0.4 is 0 Å². The van der Waals surface area contributed by atoms with Crippen molar-refractivity contribution in [3.63, 3.8) is 0 Å². The molecule has 0 aromatic carbocycles. The Kier molecular flexibility index (Phi) is 6.36. The average molecular weight is 120 g/mol. The summed E-state index contributed by atoms with van der Waals surface area (Å²) in [5, 5.41) is 0. The third-order valence-corrected chi connectivity index (χ3v) is 2.23. The molecule has 0 aliphatic heterocycles. The first-order valence-corrected chi connectivity index (χ1v) is 4.07. The highest BCUT2D eigenvalue weighted by atomic mass is 33.1. The molecule has 36 valence electrons. The summed E-state index contributed by atoms with van der Waals surface area (Å²) in [5.74, 6) is 4.12. The van der Waals surface area contributed by atoms with Crippen molar-refractivity contribution in [3.05, 3.63) is 11.5 Å². The fourth-order valence-corrected chi connectivity index (χ4v) is 1.00. The van der Waals surface area contributed by atoms with Crippen LogP contribution in [0.5, 0.6) is 0 Å². The smallest absolute Gasteiger partial charge is 0.0247 e. The lowest BCUT2D eigenvalue weighted by atomic mass is 11.0. The van der Waals surface area contributed by atoms with Crippen LogP contribution in [0.2, 0.25) is 0 Å². The van der Waals surface area contributed by atoms with Crippen LogP contribution in [0.4, 0.5) is 0 Å². The fourth-order valence-electron chi connectivity index (χ4n) is 0.111. The van der Waals surface area contributed by atoms with Crippen LogP contribution in [0.15, 0.2) is 0 Å². The van der Waals surface area contributed by atoms with Crippen molar-refractivity contribution in [1.82, 2.24) is 0 Å². The largest absolute Gasteiger partial charge is 0.0895 e. The SMILES string of the molecule is C[CH]SS[CH]C.